The van der Waals surface area contributed by atoms with Gasteiger partial charge < -0.3 is 10.4 Å². The summed E-state index contributed by atoms with van der Waals surface area (Å²) >= 11 is 13.1. The second-order valence-corrected chi connectivity index (χ2v) is 6.44. The molecule has 2 amide bonds. The van der Waals surface area contributed by atoms with Crippen molar-refractivity contribution in [3.8, 4) is 0 Å². The van der Waals surface area contributed by atoms with Gasteiger partial charge in [0.2, 0.25) is 0 Å². The number of rotatable bonds is 4. The number of urea groups is 1. The number of aromatic nitrogens is 1. The number of benzene rings is 1. The van der Waals surface area contributed by atoms with E-state index in [9.17, 15) is 9.90 Å². The van der Waals surface area contributed by atoms with Gasteiger partial charge in [-0.2, -0.15) is 0 Å². The van der Waals surface area contributed by atoms with Gasteiger partial charge in [0.1, 0.15) is 0 Å². The predicted molar refractivity (Wildman–Crippen MR) is 85.3 cm³/mol. The molecule has 0 bridgehead atoms. The molecule has 0 aliphatic rings. The summed E-state index contributed by atoms with van der Waals surface area (Å²) in [5.41, 5.74) is 0.540. The van der Waals surface area contributed by atoms with Gasteiger partial charge in [-0.1, -0.05) is 23.2 Å². The summed E-state index contributed by atoms with van der Waals surface area (Å²) in [5.74, 6) is 0. The number of hydrogen-bond acceptors (Lipinski definition) is 4. The Morgan fingerprint density at radius 1 is 1.38 bits per heavy atom. The van der Waals surface area contributed by atoms with Gasteiger partial charge in [-0.15, -0.1) is 11.3 Å². The Balaban J connectivity index is 1.88. The van der Waals surface area contributed by atoms with Crippen molar-refractivity contribution < 1.29 is 9.90 Å². The Morgan fingerprint density at radius 2 is 2.05 bits per heavy atom. The van der Waals surface area contributed by atoms with Gasteiger partial charge in [0.15, 0.2) is 5.13 Å². The van der Waals surface area contributed by atoms with Crippen LogP contribution < -0.4 is 10.6 Å². The van der Waals surface area contributed by atoms with E-state index in [1.54, 1.807) is 24.4 Å². The number of anilines is 1. The minimum absolute atomic E-state index is 0.0346. The lowest BCUT2D eigenvalue weighted by atomic mass is 10.1. The molecule has 0 radical (unpaired) electrons. The summed E-state index contributed by atoms with van der Waals surface area (Å²) in [4.78, 5) is 16.7. The summed E-state index contributed by atoms with van der Waals surface area (Å²) in [6, 6.07) is 4.34. The average molecular weight is 346 g/mol. The van der Waals surface area contributed by atoms with Crippen LogP contribution in [0.4, 0.5) is 9.93 Å². The normalized spacial score (nSPS) is 12.0. The third-order valence-corrected chi connectivity index (χ3v) is 3.83. The van der Waals surface area contributed by atoms with Crippen LogP contribution in [-0.4, -0.2) is 22.7 Å². The molecule has 1 unspecified atom stereocenters. The van der Waals surface area contributed by atoms with E-state index >= 15 is 0 Å². The van der Waals surface area contributed by atoms with Crippen LogP contribution in [0.1, 0.15) is 16.5 Å². The molecule has 2 rings (SSSR count). The Labute approximate surface area is 135 Å². The number of aliphatic hydroxyl groups excluding tert-OH is 1. The summed E-state index contributed by atoms with van der Waals surface area (Å²) in [7, 11) is 0. The van der Waals surface area contributed by atoms with Crippen molar-refractivity contribution in [3.63, 3.8) is 0 Å². The van der Waals surface area contributed by atoms with Gasteiger partial charge in [0, 0.05) is 27.7 Å². The van der Waals surface area contributed by atoms with Gasteiger partial charge in [-0.3, -0.25) is 5.32 Å². The van der Waals surface area contributed by atoms with Crippen molar-refractivity contribution in [1.82, 2.24) is 10.3 Å². The Hall–Kier alpha value is -1.34. The van der Waals surface area contributed by atoms with Crippen molar-refractivity contribution in [2.45, 2.75) is 13.0 Å². The Morgan fingerprint density at radius 3 is 2.62 bits per heavy atom. The smallest absolute Gasteiger partial charge is 0.321 e. The Kier molecular flexibility index (Phi) is 5.41. The lowest BCUT2D eigenvalue weighted by molar-refractivity contribution is 0.175. The van der Waals surface area contributed by atoms with Crippen LogP contribution in [-0.2, 0) is 0 Å². The number of amides is 2. The zero-order valence-corrected chi connectivity index (χ0v) is 13.4. The molecule has 0 spiro atoms. The average Bonchev–Trinajstić information content (AvgIpc) is 2.80. The first kappa shape index (κ1) is 16.0. The zero-order valence-electron chi connectivity index (χ0n) is 11.1. The third kappa shape index (κ3) is 4.86. The molecule has 0 aliphatic heterocycles. The van der Waals surface area contributed by atoms with Crippen molar-refractivity contribution in [2.75, 3.05) is 11.9 Å². The SMILES string of the molecule is Cc1cnc(NC(=O)NCC(O)c2cc(Cl)cc(Cl)c2)s1. The van der Waals surface area contributed by atoms with Crippen LogP contribution in [0.2, 0.25) is 10.0 Å². The maximum Gasteiger partial charge on any atom is 0.321 e. The molecular formula is C13H13Cl2N3O2S. The maximum atomic E-state index is 11.7. The van der Waals surface area contributed by atoms with Gasteiger partial charge in [-0.25, -0.2) is 9.78 Å². The predicted octanol–water partition coefficient (Wildman–Crippen LogP) is 3.61. The highest BCUT2D eigenvalue weighted by Gasteiger charge is 2.12. The summed E-state index contributed by atoms with van der Waals surface area (Å²) < 4.78 is 0. The molecule has 1 atom stereocenters. The highest BCUT2D eigenvalue weighted by molar-refractivity contribution is 7.15. The number of nitrogens with one attached hydrogen (secondary N) is 2. The molecule has 0 aliphatic carbocycles. The Bertz CT molecular complexity index is 628. The summed E-state index contributed by atoms with van der Waals surface area (Å²) in [6.45, 7) is 1.93. The monoisotopic (exact) mass is 345 g/mol. The largest absolute Gasteiger partial charge is 0.387 e. The first-order valence-electron chi connectivity index (χ1n) is 6.05. The molecule has 1 heterocycles. The number of halogens is 2. The van der Waals surface area contributed by atoms with Gasteiger partial charge >= 0.3 is 6.03 Å². The quantitative estimate of drug-likeness (QED) is 0.792. The van der Waals surface area contributed by atoms with Crippen LogP contribution in [0, 0.1) is 6.92 Å². The fourth-order valence-electron chi connectivity index (χ4n) is 1.63. The topological polar surface area (TPSA) is 74.2 Å². The van der Waals surface area contributed by atoms with E-state index in [4.69, 9.17) is 23.2 Å². The molecule has 3 N–H and O–H groups in total. The van der Waals surface area contributed by atoms with Gasteiger partial charge in [-0.05, 0) is 30.7 Å². The van der Waals surface area contributed by atoms with E-state index in [1.165, 1.54) is 11.3 Å². The second-order valence-electron chi connectivity index (χ2n) is 4.33. The lowest BCUT2D eigenvalue weighted by Gasteiger charge is -2.13. The van der Waals surface area contributed by atoms with Crippen molar-refractivity contribution in [2.24, 2.45) is 0 Å². The van der Waals surface area contributed by atoms with E-state index in [1.807, 2.05) is 6.92 Å². The maximum absolute atomic E-state index is 11.7. The number of aliphatic hydroxyl groups is 1. The highest BCUT2D eigenvalue weighted by atomic mass is 35.5. The number of thiazole rings is 1. The first-order chi connectivity index (χ1) is 9.94. The molecule has 2 aromatic rings. The molecule has 8 heteroatoms. The van der Waals surface area contributed by atoms with Crippen molar-refractivity contribution in [3.05, 3.63) is 44.9 Å². The first-order valence-corrected chi connectivity index (χ1v) is 7.62. The fourth-order valence-corrected chi connectivity index (χ4v) is 2.83. The van der Waals surface area contributed by atoms with Crippen LogP contribution in [0.5, 0.6) is 0 Å². The van der Waals surface area contributed by atoms with Crippen molar-refractivity contribution in [1.29, 1.82) is 0 Å². The third-order valence-electron chi connectivity index (χ3n) is 2.57. The van der Waals surface area contributed by atoms with Crippen LogP contribution in [0.25, 0.3) is 0 Å². The highest BCUT2D eigenvalue weighted by Crippen LogP contribution is 2.23. The molecule has 1 aromatic carbocycles. The van der Waals surface area contributed by atoms with E-state index in [0.717, 1.165) is 4.88 Å². The number of nitrogens with zero attached hydrogens (tertiary/aromatic N) is 1. The summed E-state index contributed by atoms with van der Waals surface area (Å²) in [6.07, 6.45) is 0.772. The summed E-state index contributed by atoms with van der Waals surface area (Å²) in [5, 5.41) is 16.5. The number of aryl methyl sites for hydroxylation is 1. The second kappa shape index (κ2) is 7.09. The number of carbonyl (C=O) groups is 1. The molecule has 0 saturated carbocycles. The van der Waals surface area contributed by atoms with E-state index in [0.29, 0.717) is 20.7 Å². The lowest BCUT2D eigenvalue weighted by Crippen LogP contribution is -2.32. The molecule has 0 saturated heterocycles. The van der Waals surface area contributed by atoms with E-state index in [2.05, 4.69) is 15.6 Å². The van der Waals surface area contributed by atoms with Gasteiger partial charge in [0.05, 0.1) is 6.10 Å². The fraction of sp³-hybridized carbons (Fsp3) is 0.231. The molecule has 0 fully saturated rings. The van der Waals surface area contributed by atoms with Gasteiger partial charge in [0.25, 0.3) is 0 Å². The number of hydrogen-bond donors (Lipinski definition) is 3. The molecule has 1 aromatic heterocycles. The molecule has 5 nitrogen and oxygen atoms in total. The zero-order chi connectivity index (χ0) is 15.4. The minimum Gasteiger partial charge on any atom is -0.387 e. The molecule has 21 heavy (non-hydrogen) atoms. The molecule has 112 valence electrons. The standard InChI is InChI=1S/C13H13Cl2N3O2S/c1-7-5-17-13(21-7)18-12(20)16-6-11(19)8-2-9(14)4-10(15)3-8/h2-5,11,19H,6H2,1H3,(H2,16,17,18,20). The number of carbonyl (C=O) groups excluding carboxylic acids is 1. The minimum atomic E-state index is -0.898. The van der Waals surface area contributed by atoms with Crippen LogP contribution in [0.15, 0.2) is 24.4 Å². The van der Waals surface area contributed by atoms with E-state index in [-0.39, 0.29) is 6.54 Å². The van der Waals surface area contributed by atoms with Crippen LogP contribution in [0.3, 0.4) is 0 Å². The van der Waals surface area contributed by atoms with E-state index < -0.39 is 12.1 Å². The van der Waals surface area contributed by atoms with Crippen molar-refractivity contribution >= 4 is 45.7 Å². The van der Waals surface area contributed by atoms with Crippen LogP contribution >= 0.6 is 34.5 Å². The molecular weight excluding hydrogens is 333 g/mol.